The Bertz CT molecular complexity index is 322. The van der Waals surface area contributed by atoms with Gasteiger partial charge in [-0.3, -0.25) is 0 Å². The number of hydrogen-bond donors (Lipinski definition) is 1. The number of halogens is 3. The van der Waals surface area contributed by atoms with E-state index in [0.717, 1.165) is 17.0 Å². The second-order valence-electron chi connectivity index (χ2n) is 3.79. The molecule has 0 saturated carbocycles. The molecule has 1 N–H and O–H groups in total. The number of alkyl halides is 3. The van der Waals surface area contributed by atoms with Crippen molar-refractivity contribution in [2.24, 2.45) is 0 Å². The number of nitrogens with one attached hydrogen (secondary N) is 1. The van der Waals surface area contributed by atoms with Gasteiger partial charge in [-0.15, -0.1) is 11.3 Å². The van der Waals surface area contributed by atoms with Crippen LogP contribution in [0.5, 0.6) is 0 Å². The van der Waals surface area contributed by atoms with Gasteiger partial charge in [0.15, 0.2) is 0 Å². The maximum absolute atomic E-state index is 12.0. The van der Waals surface area contributed by atoms with Gasteiger partial charge in [-0.2, -0.15) is 13.2 Å². The number of hydrogen-bond acceptors (Lipinski definition) is 3. The van der Waals surface area contributed by atoms with E-state index in [1.165, 1.54) is 0 Å². The molecular weight excluding hydrogens is 237 g/mol. The van der Waals surface area contributed by atoms with Crippen LogP contribution in [0, 0.1) is 6.92 Å². The molecule has 1 unspecified atom stereocenters. The summed E-state index contributed by atoms with van der Waals surface area (Å²) in [7, 11) is 0. The Morgan fingerprint density at radius 1 is 1.50 bits per heavy atom. The molecule has 1 aromatic heterocycles. The van der Waals surface area contributed by atoms with Gasteiger partial charge in [0.2, 0.25) is 0 Å². The van der Waals surface area contributed by atoms with E-state index in [0.29, 0.717) is 6.54 Å². The molecule has 0 amide bonds. The van der Waals surface area contributed by atoms with Crippen molar-refractivity contribution in [2.45, 2.75) is 38.9 Å². The fourth-order valence-corrected chi connectivity index (χ4v) is 2.20. The summed E-state index contributed by atoms with van der Waals surface area (Å²) >= 11 is 1.54. The summed E-state index contributed by atoms with van der Waals surface area (Å²) < 4.78 is 36.1. The molecule has 0 aliphatic heterocycles. The van der Waals surface area contributed by atoms with E-state index >= 15 is 0 Å². The van der Waals surface area contributed by atoms with Crippen LogP contribution in [0.2, 0.25) is 0 Å². The number of thiazole rings is 1. The maximum Gasteiger partial charge on any atom is 0.390 e. The molecule has 16 heavy (non-hydrogen) atoms. The minimum atomic E-state index is -4.09. The van der Waals surface area contributed by atoms with Crippen LogP contribution in [-0.2, 0) is 6.42 Å². The lowest BCUT2D eigenvalue weighted by Crippen LogP contribution is -2.32. The first kappa shape index (κ1) is 13.4. The molecular formula is C10H15F3N2S. The zero-order valence-corrected chi connectivity index (χ0v) is 10.1. The highest BCUT2D eigenvalue weighted by Crippen LogP contribution is 2.21. The zero-order chi connectivity index (χ0) is 12.2. The zero-order valence-electron chi connectivity index (χ0n) is 9.27. The predicted molar refractivity (Wildman–Crippen MR) is 58.7 cm³/mol. The molecule has 0 spiro atoms. The van der Waals surface area contributed by atoms with Crippen LogP contribution in [0.25, 0.3) is 0 Å². The Labute approximate surface area is 96.9 Å². The van der Waals surface area contributed by atoms with Crippen LogP contribution >= 0.6 is 11.3 Å². The SMILES string of the molecule is Cc1ncsc1CCNC(C)CC(F)(F)F. The molecule has 0 bridgehead atoms. The molecule has 0 aromatic carbocycles. The fourth-order valence-electron chi connectivity index (χ4n) is 1.42. The molecule has 2 nitrogen and oxygen atoms in total. The second kappa shape index (κ2) is 5.63. The monoisotopic (exact) mass is 252 g/mol. The Kier molecular flexibility index (Phi) is 4.73. The summed E-state index contributed by atoms with van der Waals surface area (Å²) in [5.74, 6) is 0. The predicted octanol–water partition coefficient (Wildman–Crippen LogP) is 2.92. The van der Waals surface area contributed by atoms with Gasteiger partial charge in [0, 0.05) is 17.5 Å². The van der Waals surface area contributed by atoms with Crippen molar-refractivity contribution in [3.8, 4) is 0 Å². The van der Waals surface area contributed by atoms with E-state index in [2.05, 4.69) is 10.3 Å². The van der Waals surface area contributed by atoms with Crippen molar-refractivity contribution in [3.63, 3.8) is 0 Å². The first-order valence-corrected chi connectivity index (χ1v) is 5.95. The number of rotatable bonds is 5. The molecule has 0 aliphatic carbocycles. The topological polar surface area (TPSA) is 24.9 Å². The van der Waals surface area contributed by atoms with Crippen LogP contribution in [0.3, 0.4) is 0 Å². The highest BCUT2D eigenvalue weighted by molar-refractivity contribution is 7.09. The summed E-state index contributed by atoms with van der Waals surface area (Å²) in [5, 5.41) is 2.86. The summed E-state index contributed by atoms with van der Waals surface area (Å²) in [6, 6.07) is -0.534. The molecule has 6 heteroatoms. The quantitative estimate of drug-likeness (QED) is 0.871. The molecule has 1 atom stereocenters. The Hall–Kier alpha value is -0.620. The highest BCUT2D eigenvalue weighted by Gasteiger charge is 2.29. The van der Waals surface area contributed by atoms with Crippen LogP contribution < -0.4 is 5.32 Å². The molecule has 1 aromatic rings. The van der Waals surface area contributed by atoms with Crippen LogP contribution in [0.1, 0.15) is 23.9 Å². The van der Waals surface area contributed by atoms with Crippen LogP contribution in [0.4, 0.5) is 13.2 Å². The first-order chi connectivity index (χ1) is 7.38. The molecule has 0 fully saturated rings. The molecule has 0 radical (unpaired) electrons. The lowest BCUT2D eigenvalue weighted by Gasteiger charge is -2.15. The minimum Gasteiger partial charge on any atom is -0.314 e. The molecule has 1 rings (SSSR count). The van der Waals surface area contributed by atoms with E-state index in [-0.39, 0.29) is 0 Å². The first-order valence-electron chi connectivity index (χ1n) is 5.07. The van der Waals surface area contributed by atoms with Crippen molar-refractivity contribution in [2.75, 3.05) is 6.54 Å². The van der Waals surface area contributed by atoms with Crippen molar-refractivity contribution in [1.82, 2.24) is 10.3 Å². The third kappa shape index (κ3) is 4.94. The lowest BCUT2D eigenvalue weighted by molar-refractivity contribution is -0.138. The molecule has 92 valence electrons. The third-order valence-corrected chi connectivity index (χ3v) is 3.22. The highest BCUT2D eigenvalue weighted by atomic mass is 32.1. The van der Waals surface area contributed by atoms with Gasteiger partial charge in [0.05, 0.1) is 17.6 Å². The smallest absolute Gasteiger partial charge is 0.314 e. The average Bonchev–Trinajstić information content (AvgIpc) is 2.48. The molecule has 1 heterocycles. The van der Waals surface area contributed by atoms with Crippen LogP contribution in [-0.4, -0.2) is 23.7 Å². The van der Waals surface area contributed by atoms with E-state index in [1.54, 1.807) is 23.8 Å². The number of nitrogens with zero attached hydrogens (tertiary/aromatic N) is 1. The van der Waals surface area contributed by atoms with E-state index < -0.39 is 18.6 Å². The summed E-state index contributed by atoms with van der Waals surface area (Å²) in [6.45, 7) is 4.01. The third-order valence-electron chi connectivity index (χ3n) is 2.23. The van der Waals surface area contributed by atoms with Gasteiger partial charge in [-0.05, 0) is 20.3 Å². The van der Waals surface area contributed by atoms with Gasteiger partial charge < -0.3 is 5.32 Å². The largest absolute Gasteiger partial charge is 0.390 e. The van der Waals surface area contributed by atoms with Crippen LogP contribution in [0.15, 0.2) is 5.51 Å². The minimum absolute atomic E-state index is 0.534. The Morgan fingerprint density at radius 3 is 2.69 bits per heavy atom. The number of aryl methyl sites for hydroxylation is 1. The van der Waals surface area contributed by atoms with Gasteiger partial charge >= 0.3 is 6.18 Å². The van der Waals surface area contributed by atoms with Gasteiger partial charge in [0.1, 0.15) is 0 Å². The van der Waals surface area contributed by atoms with E-state index in [9.17, 15) is 13.2 Å². The number of aromatic nitrogens is 1. The van der Waals surface area contributed by atoms with Crippen molar-refractivity contribution < 1.29 is 13.2 Å². The molecule has 0 saturated heterocycles. The van der Waals surface area contributed by atoms with Crippen molar-refractivity contribution in [1.29, 1.82) is 0 Å². The molecule has 0 aliphatic rings. The standard InChI is InChI=1S/C10H15F3N2S/c1-7(5-10(11,12)13)14-4-3-9-8(2)15-6-16-9/h6-7,14H,3-5H2,1-2H3. The van der Waals surface area contributed by atoms with E-state index in [4.69, 9.17) is 0 Å². The summed E-state index contributed by atoms with van der Waals surface area (Å²) in [4.78, 5) is 5.22. The van der Waals surface area contributed by atoms with Gasteiger partial charge in [-0.1, -0.05) is 0 Å². The van der Waals surface area contributed by atoms with Crippen molar-refractivity contribution >= 4 is 11.3 Å². The van der Waals surface area contributed by atoms with Gasteiger partial charge in [-0.25, -0.2) is 4.98 Å². The van der Waals surface area contributed by atoms with Crippen molar-refractivity contribution in [3.05, 3.63) is 16.1 Å². The Balaban J connectivity index is 2.23. The summed E-state index contributed by atoms with van der Waals surface area (Å²) in [6.07, 6.45) is -4.14. The maximum atomic E-state index is 12.0. The normalized spacial score (nSPS) is 14.1. The average molecular weight is 252 g/mol. The van der Waals surface area contributed by atoms with E-state index in [1.807, 2.05) is 6.92 Å². The summed E-state index contributed by atoms with van der Waals surface area (Å²) in [5.41, 5.74) is 2.72. The Morgan fingerprint density at radius 2 is 2.19 bits per heavy atom. The fraction of sp³-hybridized carbons (Fsp3) is 0.700. The second-order valence-corrected chi connectivity index (χ2v) is 4.72. The lowest BCUT2D eigenvalue weighted by atomic mass is 10.2. The van der Waals surface area contributed by atoms with Gasteiger partial charge in [0.25, 0.3) is 0 Å².